The fourth-order valence-corrected chi connectivity index (χ4v) is 3.83. The van der Waals surface area contributed by atoms with Crippen molar-refractivity contribution in [1.82, 2.24) is 5.32 Å². The first-order valence-corrected chi connectivity index (χ1v) is 7.46. The molecule has 1 aliphatic heterocycles. The van der Waals surface area contributed by atoms with Crippen molar-refractivity contribution in [3.8, 4) is 0 Å². The molecule has 0 saturated carbocycles. The summed E-state index contributed by atoms with van der Waals surface area (Å²) in [6, 6.07) is 2.34. The number of rotatable bonds is 3. The van der Waals surface area contributed by atoms with Crippen LogP contribution < -0.4 is 5.32 Å². The van der Waals surface area contributed by atoms with Crippen molar-refractivity contribution in [2.75, 3.05) is 6.54 Å². The van der Waals surface area contributed by atoms with E-state index in [-0.39, 0.29) is 5.54 Å². The van der Waals surface area contributed by atoms with Crippen LogP contribution in [0.1, 0.15) is 55.9 Å². The van der Waals surface area contributed by atoms with Gasteiger partial charge in [0.05, 0.1) is 0 Å². The van der Waals surface area contributed by atoms with E-state index in [4.69, 9.17) is 0 Å². The van der Waals surface area contributed by atoms with Gasteiger partial charge in [-0.05, 0) is 49.7 Å². The van der Waals surface area contributed by atoms with E-state index in [1.54, 1.807) is 5.56 Å². The Balaban J connectivity index is 2.29. The van der Waals surface area contributed by atoms with Crippen LogP contribution in [0.3, 0.4) is 0 Å². The summed E-state index contributed by atoms with van der Waals surface area (Å²) in [5, 5.41) is 6.09. The number of hydrogen-bond donors (Lipinski definition) is 1. The molecular formula is C14H23NS. The van der Waals surface area contributed by atoms with Crippen LogP contribution in [0.2, 0.25) is 0 Å². The van der Waals surface area contributed by atoms with Gasteiger partial charge in [-0.1, -0.05) is 26.2 Å². The molecule has 1 N–H and O–H groups in total. The molecule has 2 heteroatoms. The maximum Gasteiger partial charge on any atom is 0.0445 e. The van der Waals surface area contributed by atoms with E-state index >= 15 is 0 Å². The second-order valence-corrected chi connectivity index (χ2v) is 6.08. The molecule has 1 saturated heterocycles. The Labute approximate surface area is 103 Å². The average molecular weight is 237 g/mol. The summed E-state index contributed by atoms with van der Waals surface area (Å²) in [5.74, 6) is 0. The molecule has 1 aromatic rings. The van der Waals surface area contributed by atoms with Crippen LogP contribution in [0.5, 0.6) is 0 Å². The number of thiophene rings is 1. The summed E-state index contributed by atoms with van der Waals surface area (Å²) in [6.07, 6.45) is 7.98. The van der Waals surface area contributed by atoms with Crippen LogP contribution in [0.25, 0.3) is 0 Å². The van der Waals surface area contributed by atoms with Crippen molar-refractivity contribution >= 4 is 11.3 Å². The predicted molar refractivity (Wildman–Crippen MR) is 72.1 cm³/mol. The Bertz CT molecular complexity index is 321. The minimum absolute atomic E-state index is 0.287. The third-order valence-electron chi connectivity index (χ3n) is 3.79. The molecule has 0 radical (unpaired) electrons. The quantitative estimate of drug-likeness (QED) is 0.830. The molecule has 0 spiro atoms. The predicted octanol–water partition coefficient (Wildman–Crippen LogP) is 4.22. The van der Waals surface area contributed by atoms with Gasteiger partial charge in [0.25, 0.3) is 0 Å². The average Bonchev–Trinajstić information content (AvgIpc) is 2.57. The van der Waals surface area contributed by atoms with Crippen LogP contribution >= 0.6 is 11.3 Å². The number of hydrogen-bond acceptors (Lipinski definition) is 2. The summed E-state index contributed by atoms with van der Waals surface area (Å²) in [4.78, 5) is 1.50. The zero-order valence-electron chi connectivity index (χ0n) is 10.5. The van der Waals surface area contributed by atoms with Gasteiger partial charge in [0, 0.05) is 10.4 Å². The molecule has 16 heavy (non-hydrogen) atoms. The lowest BCUT2D eigenvalue weighted by atomic mass is 9.82. The molecule has 1 aromatic heterocycles. The summed E-state index contributed by atoms with van der Waals surface area (Å²) in [5.41, 5.74) is 1.86. The van der Waals surface area contributed by atoms with Gasteiger partial charge in [0.2, 0.25) is 0 Å². The molecule has 0 amide bonds. The maximum absolute atomic E-state index is 3.85. The Morgan fingerprint density at radius 3 is 2.94 bits per heavy atom. The second kappa shape index (κ2) is 5.33. The van der Waals surface area contributed by atoms with Crippen LogP contribution in [0.15, 0.2) is 11.4 Å². The van der Waals surface area contributed by atoms with E-state index in [9.17, 15) is 0 Å². The first kappa shape index (κ1) is 12.1. The van der Waals surface area contributed by atoms with E-state index in [0.717, 1.165) is 0 Å². The fraction of sp³-hybridized carbons (Fsp3) is 0.714. The SMILES string of the molecule is CCCC1(c2ccsc2C)CCCCCN1. The minimum atomic E-state index is 0.287. The molecule has 2 heterocycles. The Kier molecular flexibility index (Phi) is 4.04. The zero-order chi connectivity index (χ0) is 11.4. The smallest absolute Gasteiger partial charge is 0.0445 e. The van der Waals surface area contributed by atoms with Gasteiger partial charge in [-0.15, -0.1) is 11.3 Å². The summed E-state index contributed by atoms with van der Waals surface area (Å²) < 4.78 is 0. The molecule has 1 unspecified atom stereocenters. The van der Waals surface area contributed by atoms with E-state index < -0.39 is 0 Å². The van der Waals surface area contributed by atoms with Gasteiger partial charge in [-0.25, -0.2) is 0 Å². The van der Waals surface area contributed by atoms with Gasteiger partial charge >= 0.3 is 0 Å². The van der Waals surface area contributed by atoms with Crippen LogP contribution in [0.4, 0.5) is 0 Å². The highest BCUT2D eigenvalue weighted by Crippen LogP contribution is 2.37. The van der Waals surface area contributed by atoms with Crippen molar-refractivity contribution in [3.05, 3.63) is 21.9 Å². The molecular weight excluding hydrogens is 214 g/mol. The molecule has 0 aliphatic carbocycles. The van der Waals surface area contributed by atoms with Crippen molar-refractivity contribution in [1.29, 1.82) is 0 Å². The number of aryl methyl sites for hydroxylation is 1. The third-order valence-corrected chi connectivity index (χ3v) is 4.64. The topological polar surface area (TPSA) is 12.0 Å². The van der Waals surface area contributed by atoms with Crippen LogP contribution in [-0.2, 0) is 5.54 Å². The van der Waals surface area contributed by atoms with E-state index in [1.165, 1.54) is 49.9 Å². The van der Waals surface area contributed by atoms with Crippen molar-refractivity contribution in [3.63, 3.8) is 0 Å². The van der Waals surface area contributed by atoms with E-state index in [0.29, 0.717) is 0 Å². The Hall–Kier alpha value is -0.340. The fourth-order valence-electron chi connectivity index (χ4n) is 3.03. The maximum atomic E-state index is 3.85. The van der Waals surface area contributed by atoms with Gasteiger partial charge in [0.1, 0.15) is 0 Å². The summed E-state index contributed by atoms with van der Waals surface area (Å²) in [6.45, 7) is 5.76. The lowest BCUT2D eigenvalue weighted by Gasteiger charge is -2.34. The summed E-state index contributed by atoms with van der Waals surface area (Å²) in [7, 11) is 0. The van der Waals surface area contributed by atoms with Crippen molar-refractivity contribution in [2.45, 2.75) is 57.9 Å². The van der Waals surface area contributed by atoms with Gasteiger partial charge in [0.15, 0.2) is 0 Å². The molecule has 2 rings (SSSR count). The number of nitrogens with one attached hydrogen (secondary N) is 1. The molecule has 90 valence electrons. The molecule has 0 bridgehead atoms. The van der Waals surface area contributed by atoms with Gasteiger partial charge in [-0.3, -0.25) is 0 Å². The van der Waals surface area contributed by atoms with E-state index in [1.807, 2.05) is 11.3 Å². The minimum Gasteiger partial charge on any atom is -0.307 e. The first-order valence-electron chi connectivity index (χ1n) is 6.58. The van der Waals surface area contributed by atoms with Gasteiger partial charge < -0.3 is 5.32 Å². The highest BCUT2D eigenvalue weighted by Gasteiger charge is 2.33. The largest absolute Gasteiger partial charge is 0.307 e. The molecule has 1 atom stereocenters. The monoisotopic (exact) mass is 237 g/mol. The first-order chi connectivity index (χ1) is 7.78. The van der Waals surface area contributed by atoms with E-state index in [2.05, 4.69) is 30.6 Å². The Morgan fingerprint density at radius 1 is 1.38 bits per heavy atom. The van der Waals surface area contributed by atoms with Crippen molar-refractivity contribution in [2.24, 2.45) is 0 Å². The molecule has 1 aliphatic rings. The second-order valence-electron chi connectivity index (χ2n) is 4.96. The summed E-state index contributed by atoms with van der Waals surface area (Å²) >= 11 is 1.89. The standard InChI is InChI=1S/C14H23NS/c1-3-8-14(9-5-4-6-10-15-14)13-7-11-16-12(13)2/h7,11,15H,3-6,8-10H2,1-2H3. The lowest BCUT2D eigenvalue weighted by molar-refractivity contribution is 0.297. The van der Waals surface area contributed by atoms with Gasteiger partial charge in [-0.2, -0.15) is 0 Å². The normalized spacial score (nSPS) is 26.6. The highest BCUT2D eigenvalue weighted by atomic mass is 32.1. The molecule has 1 fully saturated rings. The van der Waals surface area contributed by atoms with Crippen LogP contribution in [0, 0.1) is 6.92 Å². The molecule has 0 aromatic carbocycles. The van der Waals surface area contributed by atoms with Crippen LogP contribution in [-0.4, -0.2) is 6.54 Å². The Morgan fingerprint density at radius 2 is 2.25 bits per heavy atom. The third kappa shape index (κ3) is 2.33. The van der Waals surface area contributed by atoms with Crippen molar-refractivity contribution < 1.29 is 0 Å². The zero-order valence-corrected chi connectivity index (χ0v) is 11.3. The highest BCUT2D eigenvalue weighted by molar-refractivity contribution is 7.10. The lowest BCUT2D eigenvalue weighted by Crippen LogP contribution is -2.41. The molecule has 1 nitrogen and oxygen atoms in total.